The number of carbonyl (C=O) groups excluding carboxylic acids is 1. The minimum absolute atomic E-state index is 0.0470. The molecule has 0 saturated heterocycles. The lowest BCUT2D eigenvalue weighted by Gasteiger charge is -2.07. The number of imidazole rings is 1. The average Bonchev–Trinajstić information content (AvgIpc) is 3.48. The predicted octanol–water partition coefficient (Wildman–Crippen LogP) is 3.84. The molecule has 0 aliphatic carbocycles. The minimum Gasteiger partial charge on any atom is -0.364 e. The van der Waals surface area contributed by atoms with E-state index in [0.717, 1.165) is 16.6 Å². The van der Waals surface area contributed by atoms with E-state index >= 15 is 0 Å². The summed E-state index contributed by atoms with van der Waals surface area (Å²) in [6, 6.07) is 23.3. The molecule has 3 heterocycles. The van der Waals surface area contributed by atoms with Crippen molar-refractivity contribution in [3.8, 4) is 11.5 Å². The van der Waals surface area contributed by atoms with Crippen molar-refractivity contribution in [3.05, 3.63) is 90.1 Å². The lowest BCUT2D eigenvalue weighted by molar-refractivity contribution is 0.0997. The number of nitrogens with zero attached hydrogens (tertiary/aromatic N) is 2. The van der Waals surface area contributed by atoms with Gasteiger partial charge in [0.25, 0.3) is 5.91 Å². The van der Waals surface area contributed by atoms with Crippen LogP contribution in [0.15, 0.2) is 83.8 Å². The van der Waals surface area contributed by atoms with E-state index in [0.29, 0.717) is 33.3 Å². The SMILES string of the molecule is NC(=O)c1nc(-c2nc3ccccc3[nH]2)cc2c1[nH]c1ccc(S(=O)(=O)NCc3ccccc3)cc12. The van der Waals surface area contributed by atoms with Gasteiger partial charge in [-0.2, -0.15) is 0 Å². The van der Waals surface area contributed by atoms with Crippen molar-refractivity contribution in [2.45, 2.75) is 11.4 Å². The smallest absolute Gasteiger partial charge is 0.269 e. The van der Waals surface area contributed by atoms with Crippen LogP contribution in [-0.2, 0) is 16.6 Å². The van der Waals surface area contributed by atoms with Crippen LogP contribution < -0.4 is 10.5 Å². The molecular weight excluding hydrogens is 476 g/mol. The van der Waals surface area contributed by atoms with E-state index in [-0.39, 0.29) is 17.1 Å². The summed E-state index contributed by atoms with van der Waals surface area (Å²) in [6.45, 7) is 0.168. The topological polar surface area (TPSA) is 147 Å². The molecule has 1 amide bonds. The van der Waals surface area contributed by atoms with Crippen molar-refractivity contribution >= 4 is 48.8 Å². The van der Waals surface area contributed by atoms with Crippen LogP contribution in [-0.4, -0.2) is 34.3 Å². The molecule has 0 unspecified atom stereocenters. The number of carbonyl (C=O) groups is 1. The van der Waals surface area contributed by atoms with Crippen molar-refractivity contribution in [2.24, 2.45) is 5.73 Å². The number of amides is 1. The van der Waals surface area contributed by atoms with Gasteiger partial charge in [0.05, 0.1) is 21.4 Å². The second kappa shape index (κ2) is 8.29. The number of rotatable bonds is 6. The molecular formula is C26H20N6O3S. The molecule has 0 radical (unpaired) electrons. The van der Waals surface area contributed by atoms with Gasteiger partial charge < -0.3 is 15.7 Å². The molecule has 6 aromatic rings. The summed E-state index contributed by atoms with van der Waals surface area (Å²) >= 11 is 0. The van der Waals surface area contributed by atoms with Crippen LogP contribution in [0.2, 0.25) is 0 Å². The number of sulfonamides is 1. The normalized spacial score (nSPS) is 12.0. The van der Waals surface area contributed by atoms with Crippen molar-refractivity contribution < 1.29 is 13.2 Å². The molecule has 0 bridgehead atoms. The lowest BCUT2D eigenvalue weighted by Crippen LogP contribution is -2.23. The number of primary amides is 1. The van der Waals surface area contributed by atoms with Crippen molar-refractivity contribution in [3.63, 3.8) is 0 Å². The standard InChI is InChI=1S/C26H20N6O3S/c27-25(33)24-23-18(13-22(30-24)26-31-20-8-4-5-9-21(20)32-26)17-12-16(10-11-19(17)29-23)36(34,35)28-14-15-6-2-1-3-7-15/h1-13,28-29H,14H2,(H2,27,33)(H,31,32). The maximum atomic E-state index is 13.0. The van der Waals surface area contributed by atoms with E-state index in [2.05, 4.69) is 24.7 Å². The molecule has 0 fully saturated rings. The van der Waals surface area contributed by atoms with E-state index in [1.54, 1.807) is 18.2 Å². The third-order valence-electron chi connectivity index (χ3n) is 6.05. The summed E-state index contributed by atoms with van der Waals surface area (Å²) in [6.07, 6.45) is 0. The Kier molecular flexibility index (Phi) is 5.06. The number of pyridine rings is 1. The number of para-hydroxylation sites is 2. The summed E-state index contributed by atoms with van der Waals surface area (Å²) in [5.41, 5.74) is 9.64. The zero-order valence-corrected chi connectivity index (χ0v) is 19.6. The largest absolute Gasteiger partial charge is 0.364 e. The Morgan fingerprint density at radius 2 is 1.64 bits per heavy atom. The van der Waals surface area contributed by atoms with Crippen LogP contribution in [0.4, 0.5) is 0 Å². The Balaban J connectivity index is 1.48. The summed E-state index contributed by atoms with van der Waals surface area (Å²) in [7, 11) is -3.79. The molecule has 178 valence electrons. The highest BCUT2D eigenvalue weighted by Gasteiger charge is 2.20. The molecule has 36 heavy (non-hydrogen) atoms. The maximum Gasteiger partial charge on any atom is 0.269 e. The molecule has 9 nitrogen and oxygen atoms in total. The Bertz CT molecular complexity index is 1860. The minimum atomic E-state index is -3.79. The van der Waals surface area contributed by atoms with Gasteiger partial charge in [-0.1, -0.05) is 42.5 Å². The number of H-pyrrole nitrogens is 2. The van der Waals surface area contributed by atoms with E-state index in [4.69, 9.17) is 5.73 Å². The van der Waals surface area contributed by atoms with Gasteiger partial charge in [-0.05, 0) is 42.0 Å². The molecule has 0 spiro atoms. The molecule has 0 atom stereocenters. The highest BCUT2D eigenvalue weighted by Crippen LogP contribution is 2.32. The van der Waals surface area contributed by atoms with Crippen LogP contribution in [0, 0.1) is 0 Å². The number of nitrogens with two attached hydrogens (primary N) is 1. The fourth-order valence-electron chi connectivity index (χ4n) is 4.27. The molecule has 6 rings (SSSR count). The van der Waals surface area contributed by atoms with Crippen LogP contribution in [0.3, 0.4) is 0 Å². The molecule has 3 aromatic carbocycles. The van der Waals surface area contributed by atoms with Crippen LogP contribution in [0.5, 0.6) is 0 Å². The van der Waals surface area contributed by atoms with Gasteiger partial charge >= 0.3 is 0 Å². The van der Waals surface area contributed by atoms with Crippen molar-refractivity contribution in [1.29, 1.82) is 0 Å². The Labute approximate surface area is 205 Å². The number of fused-ring (bicyclic) bond motifs is 4. The van der Waals surface area contributed by atoms with Gasteiger partial charge in [-0.25, -0.2) is 23.1 Å². The van der Waals surface area contributed by atoms with Gasteiger partial charge in [0.1, 0.15) is 5.69 Å². The Morgan fingerprint density at radius 1 is 0.861 bits per heavy atom. The van der Waals surface area contributed by atoms with E-state index in [9.17, 15) is 13.2 Å². The fraction of sp³-hybridized carbons (Fsp3) is 0.0385. The van der Waals surface area contributed by atoms with Gasteiger partial charge in [-0.15, -0.1) is 0 Å². The molecule has 5 N–H and O–H groups in total. The van der Waals surface area contributed by atoms with Gasteiger partial charge in [-0.3, -0.25) is 4.79 Å². The number of benzene rings is 3. The monoisotopic (exact) mass is 496 g/mol. The van der Waals surface area contributed by atoms with Crippen LogP contribution in [0.25, 0.3) is 44.4 Å². The number of aromatic nitrogens is 4. The fourth-order valence-corrected chi connectivity index (χ4v) is 5.32. The summed E-state index contributed by atoms with van der Waals surface area (Å²) < 4.78 is 28.7. The first-order valence-corrected chi connectivity index (χ1v) is 12.6. The Morgan fingerprint density at radius 3 is 2.42 bits per heavy atom. The molecule has 0 aliphatic heterocycles. The highest BCUT2D eigenvalue weighted by molar-refractivity contribution is 7.89. The second-order valence-corrected chi connectivity index (χ2v) is 10.2. The maximum absolute atomic E-state index is 13.0. The van der Waals surface area contributed by atoms with Gasteiger partial charge in [0.15, 0.2) is 11.5 Å². The highest BCUT2D eigenvalue weighted by atomic mass is 32.2. The van der Waals surface area contributed by atoms with Crippen molar-refractivity contribution in [1.82, 2.24) is 24.7 Å². The van der Waals surface area contributed by atoms with Gasteiger partial charge in [0.2, 0.25) is 10.0 Å². The first-order valence-electron chi connectivity index (χ1n) is 11.1. The zero-order chi connectivity index (χ0) is 24.9. The number of nitrogens with one attached hydrogen (secondary N) is 3. The quantitative estimate of drug-likeness (QED) is 0.277. The second-order valence-electron chi connectivity index (χ2n) is 8.39. The third kappa shape index (κ3) is 3.78. The molecule has 3 aromatic heterocycles. The Hall–Kier alpha value is -4.54. The number of aromatic amines is 2. The number of hydrogen-bond donors (Lipinski definition) is 4. The van der Waals surface area contributed by atoms with E-state index in [1.165, 1.54) is 6.07 Å². The summed E-state index contributed by atoms with van der Waals surface area (Å²) in [4.78, 5) is 27.8. The molecule has 10 heteroatoms. The zero-order valence-electron chi connectivity index (χ0n) is 18.8. The predicted molar refractivity (Wildman–Crippen MR) is 138 cm³/mol. The third-order valence-corrected chi connectivity index (χ3v) is 7.44. The first kappa shape index (κ1) is 22.0. The summed E-state index contributed by atoms with van der Waals surface area (Å²) in [5.74, 6) is -0.231. The number of hydrogen-bond acceptors (Lipinski definition) is 5. The lowest BCUT2D eigenvalue weighted by atomic mass is 10.1. The average molecular weight is 497 g/mol. The first-order chi connectivity index (χ1) is 17.4. The van der Waals surface area contributed by atoms with Gasteiger partial charge in [0, 0.05) is 22.8 Å². The summed E-state index contributed by atoms with van der Waals surface area (Å²) in [5, 5.41) is 1.24. The van der Waals surface area contributed by atoms with E-state index < -0.39 is 15.9 Å². The van der Waals surface area contributed by atoms with Crippen LogP contribution >= 0.6 is 0 Å². The van der Waals surface area contributed by atoms with Crippen LogP contribution in [0.1, 0.15) is 16.1 Å². The molecule has 0 saturated carbocycles. The van der Waals surface area contributed by atoms with Crippen molar-refractivity contribution in [2.75, 3.05) is 0 Å². The molecule has 0 aliphatic rings. The van der Waals surface area contributed by atoms with E-state index in [1.807, 2.05) is 54.6 Å².